The lowest BCUT2D eigenvalue weighted by atomic mass is 10.1. The molecule has 0 amide bonds. The van der Waals surface area contributed by atoms with E-state index < -0.39 is 0 Å². The van der Waals surface area contributed by atoms with Crippen LogP contribution in [0.1, 0.15) is 45.1 Å². The van der Waals surface area contributed by atoms with Crippen molar-refractivity contribution in [2.45, 2.75) is 52.1 Å². The van der Waals surface area contributed by atoms with E-state index in [4.69, 9.17) is 11.6 Å². The van der Waals surface area contributed by atoms with Crippen LogP contribution in [-0.2, 0) is 6.54 Å². The van der Waals surface area contributed by atoms with Crippen molar-refractivity contribution < 1.29 is 0 Å². The highest BCUT2D eigenvalue weighted by Gasteiger charge is 2.03. The van der Waals surface area contributed by atoms with E-state index in [0.717, 1.165) is 24.7 Å². The summed E-state index contributed by atoms with van der Waals surface area (Å²) < 4.78 is 0. The second-order valence-corrected chi connectivity index (χ2v) is 6.16. The molecule has 114 valence electrons. The Kier molecular flexibility index (Phi) is 8.92. The zero-order valence-electron chi connectivity index (χ0n) is 13.2. The van der Waals surface area contributed by atoms with E-state index in [-0.39, 0.29) is 0 Å². The maximum atomic E-state index is 6.00. The quantitative estimate of drug-likeness (QED) is 0.647. The molecule has 0 saturated carbocycles. The minimum absolute atomic E-state index is 0.626. The van der Waals surface area contributed by atoms with Crippen LogP contribution in [-0.4, -0.2) is 31.1 Å². The van der Waals surface area contributed by atoms with Crippen LogP contribution in [0, 0.1) is 0 Å². The molecule has 0 aliphatic heterocycles. The normalized spacial score (nSPS) is 12.8. The van der Waals surface area contributed by atoms with E-state index in [1.807, 2.05) is 18.2 Å². The van der Waals surface area contributed by atoms with Gasteiger partial charge in [0.1, 0.15) is 0 Å². The van der Waals surface area contributed by atoms with Gasteiger partial charge in [0.2, 0.25) is 0 Å². The number of likely N-dealkylation sites (N-methyl/N-ethyl adjacent to an activating group) is 1. The summed E-state index contributed by atoms with van der Waals surface area (Å²) in [5, 5.41) is 4.42. The number of halogens is 1. The molecule has 0 radical (unpaired) electrons. The Labute approximate surface area is 129 Å². The van der Waals surface area contributed by atoms with Gasteiger partial charge in [0.05, 0.1) is 0 Å². The molecule has 0 bridgehead atoms. The minimum Gasteiger partial charge on any atom is -0.313 e. The number of rotatable bonds is 10. The first kappa shape index (κ1) is 17.5. The lowest BCUT2D eigenvalue weighted by Crippen LogP contribution is -2.34. The van der Waals surface area contributed by atoms with E-state index in [1.165, 1.54) is 31.2 Å². The molecule has 1 N–H and O–H groups in total. The molecule has 0 spiro atoms. The monoisotopic (exact) mass is 296 g/mol. The van der Waals surface area contributed by atoms with Crippen molar-refractivity contribution in [2.24, 2.45) is 0 Å². The first-order chi connectivity index (χ1) is 9.61. The molecule has 0 aromatic heterocycles. The highest BCUT2D eigenvalue weighted by atomic mass is 35.5. The van der Waals surface area contributed by atoms with Crippen LogP contribution in [0.25, 0.3) is 0 Å². The molecule has 1 aromatic rings. The summed E-state index contributed by atoms with van der Waals surface area (Å²) in [6.07, 6.45) is 5.27. The number of benzene rings is 1. The fourth-order valence-corrected chi connectivity index (χ4v) is 2.54. The molecule has 1 rings (SSSR count). The molecule has 0 heterocycles. The van der Waals surface area contributed by atoms with Crippen LogP contribution in [0.15, 0.2) is 24.3 Å². The third kappa shape index (κ3) is 7.88. The third-order valence-corrected chi connectivity index (χ3v) is 3.80. The number of hydrogen-bond donors (Lipinski definition) is 1. The van der Waals surface area contributed by atoms with Crippen LogP contribution in [0.3, 0.4) is 0 Å². The van der Waals surface area contributed by atoms with E-state index in [0.29, 0.717) is 6.04 Å². The predicted octanol–water partition coefficient (Wildman–Crippen LogP) is 4.33. The molecule has 0 saturated heterocycles. The van der Waals surface area contributed by atoms with Crippen molar-refractivity contribution in [3.05, 3.63) is 34.9 Å². The minimum atomic E-state index is 0.626. The molecule has 1 unspecified atom stereocenters. The second-order valence-electron chi connectivity index (χ2n) is 5.72. The lowest BCUT2D eigenvalue weighted by Gasteiger charge is -2.19. The van der Waals surface area contributed by atoms with Gasteiger partial charge < -0.3 is 10.2 Å². The lowest BCUT2D eigenvalue weighted by molar-refractivity contribution is 0.315. The molecular weight excluding hydrogens is 268 g/mol. The maximum absolute atomic E-state index is 6.00. The van der Waals surface area contributed by atoms with Crippen LogP contribution in [0.5, 0.6) is 0 Å². The van der Waals surface area contributed by atoms with Crippen molar-refractivity contribution in [1.82, 2.24) is 10.2 Å². The van der Waals surface area contributed by atoms with Crippen molar-refractivity contribution in [1.29, 1.82) is 0 Å². The molecule has 0 aliphatic rings. The Morgan fingerprint density at radius 2 is 2.10 bits per heavy atom. The Morgan fingerprint density at radius 1 is 1.30 bits per heavy atom. The molecular formula is C17H29ClN2. The zero-order chi connectivity index (χ0) is 14.8. The Balaban J connectivity index is 2.15. The molecule has 0 fully saturated rings. The van der Waals surface area contributed by atoms with Gasteiger partial charge >= 0.3 is 0 Å². The van der Waals surface area contributed by atoms with Gasteiger partial charge in [0.25, 0.3) is 0 Å². The van der Waals surface area contributed by atoms with Gasteiger partial charge in [-0.1, -0.05) is 49.9 Å². The molecule has 1 atom stereocenters. The van der Waals surface area contributed by atoms with Crippen molar-refractivity contribution >= 4 is 11.6 Å². The topological polar surface area (TPSA) is 15.3 Å². The molecule has 1 aromatic carbocycles. The average Bonchev–Trinajstić information content (AvgIpc) is 2.39. The van der Waals surface area contributed by atoms with Gasteiger partial charge in [0.15, 0.2) is 0 Å². The number of nitrogens with one attached hydrogen (secondary N) is 1. The van der Waals surface area contributed by atoms with Crippen molar-refractivity contribution in [3.63, 3.8) is 0 Å². The summed E-state index contributed by atoms with van der Waals surface area (Å²) in [6.45, 7) is 7.59. The number of unbranched alkanes of at least 4 members (excludes halogenated alkanes) is 2. The summed E-state index contributed by atoms with van der Waals surface area (Å²) in [4.78, 5) is 2.33. The summed E-state index contributed by atoms with van der Waals surface area (Å²) in [6, 6.07) is 8.73. The van der Waals surface area contributed by atoms with E-state index in [9.17, 15) is 0 Å². The molecule has 2 nitrogen and oxygen atoms in total. The van der Waals surface area contributed by atoms with Gasteiger partial charge in [-0.2, -0.15) is 0 Å². The van der Waals surface area contributed by atoms with Crippen LogP contribution in [0.4, 0.5) is 0 Å². The summed E-state index contributed by atoms with van der Waals surface area (Å²) >= 11 is 6.00. The van der Waals surface area contributed by atoms with Gasteiger partial charge in [-0.15, -0.1) is 0 Å². The zero-order valence-corrected chi connectivity index (χ0v) is 13.9. The van der Waals surface area contributed by atoms with Gasteiger partial charge in [0, 0.05) is 30.7 Å². The van der Waals surface area contributed by atoms with Crippen LogP contribution >= 0.6 is 11.6 Å². The summed E-state index contributed by atoms with van der Waals surface area (Å²) in [7, 11) is 2.16. The molecule has 3 heteroatoms. The second kappa shape index (κ2) is 10.2. The predicted molar refractivity (Wildman–Crippen MR) is 89.4 cm³/mol. The summed E-state index contributed by atoms with van der Waals surface area (Å²) in [5.74, 6) is 0. The Hall–Kier alpha value is -0.570. The average molecular weight is 297 g/mol. The van der Waals surface area contributed by atoms with Crippen molar-refractivity contribution in [3.8, 4) is 0 Å². The smallest absolute Gasteiger partial charge is 0.0409 e. The molecule has 20 heavy (non-hydrogen) atoms. The first-order valence-corrected chi connectivity index (χ1v) is 8.16. The first-order valence-electron chi connectivity index (χ1n) is 7.78. The van der Waals surface area contributed by atoms with E-state index >= 15 is 0 Å². The largest absolute Gasteiger partial charge is 0.313 e. The maximum Gasteiger partial charge on any atom is 0.0409 e. The van der Waals surface area contributed by atoms with Gasteiger partial charge in [-0.25, -0.2) is 0 Å². The fourth-order valence-electron chi connectivity index (χ4n) is 2.33. The van der Waals surface area contributed by atoms with Gasteiger partial charge in [-0.3, -0.25) is 0 Å². The van der Waals surface area contributed by atoms with Gasteiger partial charge in [-0.05, 0) is 38.1 Å². The standard InChI is InChI=1S/C17H29ClN2/c1-4-5-6-8-15(2)19-11-12-20(3)14-16-9-7-10-17(18)13-16/h7,9-10,13,15,19H,4-6,8,11-12,14H2,1-3H3. The fraction of sp³-hybridized carbons (Fsp3) is 0.647. The van der Waals surface area contributed by atoms with Crippen molar-refractivity contribution in [2.75, 3.05) is 20.1 Å². The summed E-state index contributed by atoms with van der Waals surface area (Å²) in [5.41, 5.74) is 1.27. The van der Waals surface area contributed by atoms with Crippen LogP contribution < -0.4 is 5.32 Å². The highest BCUT2D eigenvalue weighted by Crippen LogP contribution is 2.11. The Bertz CT molecular complexity index is 368. The number of nitrogens with zero attached hydrogens (tertiary/aromatic N) is 1. The third-order valence-electron chi connectivity index (χ3n) is 3.57. The number of hydrogen-bond acceptors (Lipinski definition) is 2. The van der Waals surface area contributed by atoms with E-state index in [2.05, 4.69) is 37.2 Å². The Morgan fingerprint density at radius 3 is 2.80 bits per heavy atom. The van der Waals surface area contributed by atoms with E-state index in [1.54, 1.807) is 0 Å². The van der Waals surface area contributed by atoms with Crippen LogP contribution in [0.2, 0.25) is 5.02 Å². The molecule has 0 aliphatic carbocycles. The highest BCUT2D eigenvalue weighted by molar-refractivity contribution is 6.30. The SMILES string of the molecule is CCCCCC(C)NCCN(C)Cc1cccc(Cl)c1.